The van der Waals surface area contributed by atoms with Gasteiger partial charge in [-0.2, -0.15) is 0 Å². The van der Waals surface area contributed by atoms with Crippen molar-refractivity contribution in [2.75, 3.05) is 18.9 Å². The highest BCUT2D eigenvalue weighted by atomic mass is 32.2. The average molecular weight is 307 g/mol. The van der Waals surface area contributed by atoms with Gasteiger partial charge in [0.25, 0.3) is 0 Å². The molecule has 1 aromatic rings. The fourth-order valence-corrected chi connectivity index (χ4v) is 3.60. The lowest BCUT2D eigenvalue weighted by Gasteiger charge is -2.24. The number of benzene rings is 1. The molecular weight excluding hydrogens is 286 g/mol. The van der Waals surface area contributed by atoms with Crippen LogP contribution in [0, 0.1) is 0 Å². The van der Waals surface area contributed by atoms with E-state index in [2.05, 4.69) is 0 Å². The molecule has 1 amide bonds. The molecular formula is C16H21NO3S. The van der Waals surface area contributed by atoms with E-state index in [1.165, 1.54) is 0 Å². The van der Waals surface area contributed by atoms with Gasteiger partial charge >= 0.3 is 5.97 Å². The zero-order valence-electron chi connectivity index (χ0n) is 12.3. The topological polar surface area (TPSA) is 46.6 Å². The molecule has 0 spiro atoms. The minimum absolute atomic E-state index is 0.0110. The van der Waals surface area contributed by atoms with E-state index in [1.807, 2.05) is 30.3 Å². The molecule has 21 heavy (non-hydrogen) atoms. The Balaban J connectivity index is 2.05. The highest BCUT2D eigenvalue weighted by Crippen LogP contribution is 2.28. The first kappa shape index (κ1) is 15.9. The van der Waals surface area contributed by atoms with E-state index in [1.54, 1.807) is 23.6 Å². The Hall–Kier alpha value is -1.49. The van der Waals surface area contributed by atoms with Gasteiger partial charge < -0.3 is 9.64 Å². The van der Waals surface area contributed by atoms with E-state index in [9.17, 15) is 9.59 Å². The Labute approximate surface area is 129 Å². The van der Waals surface area contributed by atoms with E-state index >= 15 is 0 Å². The summed E-state index contributed by atoms with van der Waals surface area (Å²) < 4.78 is 4.98. The van der Waals surface area contributed by atoms with Gasteiger partial charge in [0, 0.05) is 6.54 Å². The van der Waals surface area contributed by atoms with Crippen LogP contribution < -0.4 is 0 Å². The van der Waals surface area contributed by atoms with Crippen LogP contribution >= 0.6 is 11.8 Å². The maximum Gasteiger partial charge on any atom is 0.325 e. The lowest BCUT2D eigenvalue weighted by Crippen LogP contribution is -2.40. The second-order valence-corrected chi connectivity index (χ2v) is 6.30. The Morgan fingerprint density at radius 2 is 2.10 bits per heavy atom. The van der Waals surface area contributed by atoms with E-state index < -0.39 is 0 Å². The monoisotopic (exact) mass is 307 g/mol. The van der Waals surface area contributed by atoms with Crippen molar-refractivity contribution >= 4 is 23.6 Å². The molecule has 4 nitrogen and oxygen atoms in total. The van der Waals surface area contributed by atoms with Gasteiger partial charge in [-0.05, 0) is 31.1 Å². The van der Waals surface area contributed by atoms with Gasteiger partial charge in [0.2, 0.25) is 5.91 Å². The fraction of sp³-hybridized carbons (Fsp3) is 0.500. The van der Waals surface area contributed by atoms with Crippen LogP contribution in [0.25, 0.3) is 0 Å². The molecule has 1 unspecified atom stereocenters. The first-order valence-corrected chi connectivity index (χ1v) is 8.35. The zero-order chi connectivity index (χ0) is 15.1. The molecule has 0 radical (unpaired) electrons. The molecule has 114 valence electrons. The minimum atomic E-state index is -0.343. The molecule has 1 aliphatic heterocycles. The quantitative estimate of drug-likeness (QED) is 0.758. The van der Waals surface area contributed by atoms with Gasteiger partial charge in [0.1, 0.15) is 6.54 Å². The lowest BCUT2D eigenvalue weighted by molar-refractivity contribution is -0.149. The summed E-state index contributed by atoms with van der Waals surface area (Å²) in [7, 11) is 0. The van der Waals surface area contributed by atoms with Crippen LogP contribution in [0.1, 0.15) is 25.3 Å². The molecule has 1 saturated heterocycles. The summed E-state index contributed by atoms with van der Waals surface area (Å²) >= 11 is 1.69. The first-order valence-electron chi connectivity index (χ1n) is 7.30. The molecule has 5 heteroatoms. The van der Waals surface area contributed by atoms with E-state index in [0.717, 1.165) is 24.2 Å². The molecule has 2 rings (SSSR count). The number of esters is 1. The molecule has 0 N–H and O–H groups in total. The van der Waals surface area contributed by atoms with Crippen molar-refractivity contribution in [2.45, 2.75) is 31.6 Å². The van der Waals surface area contributed by atoms with Gasteiger partial charge in [-0.3, -0.25) is 9.59 Å². The van der Waals surface area contributed by atoms with E-state index in [0.29, 0.717) is 13.2 Å². The van der Waals surface area contributed by atoms with Crippen molar-refractivity contribution in [3.8, 4) is 0 Å². The molecule has 1 heterocycles. The van der Waals surface area contributed by atoms with Crippen LogP contribution in [0.5, 0.6) is 0 Å². The highest BCUT2D eigenvalue weighted by molar-refractivity contribution is 8.00. The Kier molecular flexibility index (Phi) is 6.11. The SMILES string of the molecule is CCOC(=O)CN(Cc1ccccc1)C(=O)C1CCCS1. The second kappa shape index (κ2) is 8.08. The number of hydrogen-bond donors (Lipinski definition) is 0. The van der Waals surface area contributed by atoms with Crippen molar-refractivity contribution in [3.63, 3.8) is 0 Å². The summed E-state index contributed by atoms with van der Waals surface area (Å²) in [6.45, 7) is 2.59. The smallest absolute Gasteiger partial charge is 0.325 e. The van der Waals surface area contributed by atoms with Crippen LogP contribution in [0.4, 0.5) is 0 Å². The van der Waals surface area contributed by atoms with Gasteiger partial charge in [-0.15, -0.1) is 11.8 Å². The number of amides is 1. The van der Waals surface area contributed by atoms with E-state index in [4.69, 9.17) is 4.74 Å². The van der Waals surface area contributed by atoms with Crippen molar-refractivity contribution in [1.82, 2.24) is 4.90 Å². The molecule has 1 aliphatic rings. The third-order valence-corrected chi connectivity index (χ3v) is 4.72. The normalized spacial score (nSPS) is 17.5. The predicted molar refractivity (Wildman–Crippen MR) is 84.0 cm³/mol. The summed E-state index contributed by atoms with van der Waals surface area (Å²) in [6.07, 6.45) is 1.97. The number of nitrogens with zero attached hydrogens (tertiary/aromatic N) is 1. The van der Waals surface area contributed by atoms with Crippen molar-refractivity contribution in [3.05, 3.63) is 35.9 Å². The number of ether oxygens (including phenoxy) is 1. The molecule has 1 atom stereocenters. The fourth-order valence-electron chi connectivity index (χ4n) is 2.35. The minimum Gasteiger partial charge on any atom is -0.465 e. The van der Waals surface area contributed by atoms with E-state index in [-0.39, 0.29) is 23.7 Å². The number of carbonyl (C=O) groups is 2. The van der Waals surface area contributed by atoms with Crippen LogP contribution in [0.15, 0.2) is 30.3 Å². The maximum absolute atomic E-state index is 12.6. The molecule has 1 aromatic carbocycles. The highest BCUT2D eigenvalue weighted by Gasteiger charge is 2.29. The van der Waals surface area contributed by atoms with Crippen molar-refractivity contribution in [1.29, 1.82) is 0 Å². The molecule has 0 bridgehead atoms. The maximum atomic E-state index is 12.6. The second-order valence-electron chi connectivity index (χ2n) is 4.99. The van der Waals surface area contributed by atoms with Gasteiger partial charge in [-0.1, -0.05) is 30.3 Å². The standard InChI is InChI=1S/C16H21NO3S/c1-2-20-15(18)12-17(11-13-7-4-3-5-8-13)16(19)14-9-6-10-21-14/h3-5,7-8,14H,2,6,9-12H2,1H3. The molecule has 0 aromatic heterocycles. The summed E-state index contributed by atoms with van der Waals surface area (Å²) in [4.78, 5) is 25.9. The Morgan fingerprint density at radius 1 is 1.33 bits per heavy atom. The number of rotatable bonds is 6. The van der Waals surface area contributed by atoms with Crippen molar-refractivity contribution in [2.24, 2.45) is 0 Å². The van der Waals surface area contributed by atoms with Crippen LogP contribution in [0.2, 0.25) is 0 Å². The lowest BCUT2D eigenvalue weighted by atomic mass is 10.2. The summed E-state index contributed by atoms with van der Waals surface area (Å²) in [5, 5.41) is -0.0110. The zero-order valence-corrected chi connectivity index (χ0v) is 13.1. The molecule has 0 saturated carbocycles. The Bertz CT molecular complexity index is 472. The number of thioether (sulfide) groups is 1. The number of hydrogen-bond acceptors (Lipinski definition) is 4. The summed E-state index contributed by atoms with van der Waals surface area (Å²) in [5.41, 5.74) is 1.03. The third-order valence-electron chi connectivity index (χ3n) is 3.36. The largest absolute Gasteiger partial charge is 0.465 e. The van der Waals surface area contributed by atoms with Crippen LogP contribution in [0.3, 0.4) is 0 Å². The van der Waals surface area contributed by atoms with Gasteiger partial charge in [0.15, 0.2) is 0 Å². The van der Waals surface area contributed by atoms with Gasteiger partial charge in [0.05, 0.1) is 11.9 Å². The van der Waals surface area contributed by atoms with Crippen molar-refractivity contribution < 1.29 is 14.3 Å². The summed E-state index contributed by atoms with van der Waals surface area (Å²) in [5.74, 6) is 0.730. The van der Waals surface area contributed by atoms with Crippen LogP contribution in [-0.4, -0.2) is 40.9 Å². The number of carbonyl (C=O) groups excluding carboxylic acids is 2. The summed E-state index contributed by atoms with van der Waals surface area (Å²) in [6, 6.07) is 9.74. The average Bonchev–Trinajstić information content (AvgIpc) is 3.01. The Morgan fingerprint density at radius 3 is 2.71 bits per heavy atom. The van der Waals surface area contributed by atoms with Gasteiger partial charge in [-0.25, -0.2) is 0 Å². The molecule has 1 fully saturated rings. The molecule has 0 aliphatic carbocycles. The predicted octanol–water partition coefficient (Wildman–Crippen LogP) is 2.47. The first-order chi connectivity index (χ1) is 10.2. The third kappa shape index (κ3) is 4.77. The van der Waals surface area contributed by atoms with Crippen LogP contribution in [-0.2, 0) is 20.9 Å².